The summed E-state index contributed by atoms with van der Waals surface area (Å²) in [5, 5.41) is 6.76. The molecule has 16 heavy (non-hydrogen) atoms. The van der Waals surface area contributed by atoms with E-state index < -0.39 is 0 Å². The summed E-state index contributed by atoms with van der Waals surface area (Å²) in [6.45, 7) is 10.0. The molecule has 0 radical (unpaired) electrons. The van der Waals surface area contributed by atoms with Gasteiger partial charge in [-0.15, -0.1) is 11.3 Å². The van der Waals surface area contributed by atoms with Gasteiger partial charge in [-0.1, -0.05) is 6.92 Å². The summed E-state index contributed by atoms with van der Waals surface area (Å²) in [6.07, 6.45) is 1.18. The molecule has 0 amide bonds. The van der Waals surface area contributed by atoms with E-state index in [0.717, 1.165) is 25.3 Å². The third kappa shape index (κ3) is 4.20. The molecule has 1 aromatic rings. The maximum absolute atomic E-state index is 5.65. The van der Waals surface area contributed by atoms with Crippen LogP contribution in [0, 0.1) is 6.92 Å². The molecule has 0 aromatic carbocycles. The highest BCUT2D eigenvalue weighted by Gasteiger charge is 2.18. The lowest BCUT2D eigenvalue weighted by atomic mass is 10.1. The number of nitrogens with zero attached hydrogens (tertiary/aromatic N) is 1. The quantitative estimate of drug-likeness (QED) is 0.797. The average Bonchev–Trinajstić information content (AvgIpc) is 2.64. The Balaban J connectivity index is 2.56. The van der Waals surface area contributed by atoms with Gasteiger partial charge in [0.1, 0.15) is 0 Å². The number of rotatable bonds is 7. The van der Waals surface area contributed by atoms with Gasteiger partial charge in [0.2, 0.25) is 0 Å². The van der Waals surface area contributed by atoms with E-state index in [9.17, 15) is 0 Å². The van der Waals surface area contributed by atoms with Crippen LogP contribution in [0.5, 0.6) is 0 Å². The first-order valence-electron chi connectivity index (χ1n) is 5.93. The molecule has 0 fully saturated rings. The summed E-state index contributed by atoms with van der Waals surface area (Å²) in [7, 11) is 0. The van der Waals surface area contributed by atoms with Crippen molar-refractivity contribution in [3.8, 4) is 0 Å². The van der Waals surface area contributed by atoms with Gasteiger partial charge in [-0.05, 0) is 27.3 Å². The molecule has 0 aliphatic rings. The van der Waals surface area contributed by atoms with E-state index in [1.807, 2.05) is 13.8 Å². The van der Waals surface area contributed by atoms with E-state index in [1.54, 1.807) is 11.3 Å². The van der Waals surface area contributed by atoms with E-state index in [2.05, 4.69) is 29.5 Å². The van der Waals surface area contributed by atoms with Crippen LogP contribution in [0.2, 0.25) is 0 Å². The number of likely N-dealkylation sites (N-methyl/N-ethyl adjacent to an activating group) is 1. The summed E-state index contributed by atoms with van der Waals surface area (Å²) in [5.41, 5.74) is 1.11. The minimum Gasteiger partial charge on any atom is -0.377 e. The molecular formula is C12H22N2OS. The number of thiazole rings is 1. The van der Waals surface area contributed by atoms with Gasteiger partial charge in [-0.25, -0.2) is 4.98 Å². The molecule has 1 heterocycles. The molecule has 0 bridgehead atoms. The first kappa shape index (κ1) is 13.6. The first-order valence-corrected chi connectivity index (χ1v) is 6.81. The fraction of sp³-hybridized carbons (Fsp3) is 0.750. The zero-order valence-corrected chi connectivity index (χ0v) is 11.4. The van der Waals surface area contributed by atoms with Crippen LogP contribution in [0.15, 0.2) is 5.38 Å². The highest BCUT2D eigenvalue weighted by atomic mass is 32.1. The Kier molecular flexibility index (Phi) is 5.95. The van der Waals surface area contributed by atoms with Crippen molar-refractivity contribution in [2.45, 2.75) is 46.3 Å². The van der Waals surface area contributed by atoms with Crippen molar-refractivity contribution in [2.75, 3.05) is 13.2 Å². The van der Waals surface area contributed by atoms with Gasteiger partial charge in [0.05, 0.1) is 11.1 Å². The zero-order chi connectivity index (χ0) is 12.0. The van der Waals surface area contributed by atoms with Gasteiger partial charge in [0, 0.05) is 30.1 Å². The Labute approximate surface area is 102 Å². The predicted octanol–water partition coefficient (Wildman–Crippen LogP) is 2.40. The van der Waals surface area contributed by atoms with Crippen molar-refractivity contribution >= 4 is 11.3 Å². The zero-order valence-electron chi connectivity index (χ0n) is 10.6. The van der Waals surface area contributed by atoms with Crippen molar-refractivity contribution < 1.29 is 4.74 Å². The summed E-state index contributed by atoms with van der Waals surface area (Å²) >= 11 is 1.73. The monoisotopic (exact) mass is 242 g/mol. The van der Waals surface area contributed by atoms with Crippen molar-refractivity contribution in [3.05, 3.63) is 16.1 Å². The molecular weight excluding hydrogens is 220 g/mol. The number of hydrogen-bond donors (Lipinski definition) is 1. The molecule has 2 atom stereocenters. The lowest BCUT2D eigenvalue weighted by molar-refractivity contribution is 0.0480. The maximum Gasteiger partial charge on any atom is 0.0944 e. The van der Waals surface area contributed by atoms with Gasteiger partial charge in [0.25, 0.3) is 0 Å². The van der Waals surface area contributed by atoms with Crippen molar-refractivity contribution in [1.29, 1.82) is 0 Å². The standard InChI is InChI=1S/C12H22N2OS/c1-5-13-11(10(4)15-6-2)7-12-14-9(3)8-16-12/h8,10-11,13H,5-7H2,1-4H3. The predicted molar refractivity (Wildman–Crippen MR) is 69.1 cm³/mol. The molecule has 1 N–H and O–H groups in total. The normalized spacial score (nSPS) is 15.0. The van der Waals surface area contributed by atoms with Crippen LogP contribution in [0.3, 0.4) is 0 Å². The van der Waals surface area contributed by atoms with Crippen LogP contribution in [0.4, 0.5) is 0 Å². The minimum absolute atomic E-state index is 0.231. The van der Waals surface area contributed by atoms with Crippen LogP contribution in [-0.2, 0) is 11.2 Å². The third-order valence-electron chi connectivity index (χ3n) is 2.52. The van der Waals surface area contributed by atoms with Crippen LogP contribution in [-0.4, -0.2) is 30.3 Å². The molecule has 1 rings (SSSR count). The van der Waals surface area contributed by atoms with Gasteiger partial charge in [0.15, 0.2) is 0 Å². The highest BCUT2D eigenvalue weighted by molar-refractivity contribution is 7.09. The minimum atomic E-state index is 0.231. The second-order valence-corrected chi connectivity index (χ2v) is 4.85. The van der Waals surface area contributed by atoms with Crippen molar-refractivity contribution in [1.82, 2.24) is 10.3 Å². The second-order valence-electron chi connectivity index (χ2n) is 3.91. The van der Waals surface area contributed by atoms with Gasteiger partial charge in [-0.2, -0.15) is 0 Å². The number of nitrogens with one attached hydrogen (secondary N) is 1. The molecule has 0 saturated carbocycles. The molecule has 3 nitrogen and oxygen atoms in total. The number of aryl methyl sites for hydroxylation is 1. The Hall–Kier alpha value is -0.450. The molecule has 0 aliphatic carbocycles. The second kappa shape index (κ2) is 6.99. The van der Waals surface area contributed by atoms with Crippen LogP contribution in [0.25, 0.3) is 0 Å². The fourth-order valence-corrected chi connectivity index (χ4v) is 2.56. The lowest BCUT2D eigenvalue weighted by Gasteiger charge is -2.23. The van der Waals surface area contributed by atoms with Gasteiger partial charge < -0.3 is 10.1 Å². The van der Waals surface area contributed by atoms with Gasteiger partial charge >= 0.3 is 0 Å². The smallest absolute Gasteiger partial charge is 0.0944 e. The number of ether oxygens (including phenoxy) is 1. The van der Waals surface area contributed by atoms with Crippen LogP contribution in [0.1, 0.15) is 31.5 Å². The molecule has 92 valence electrons. The summed E-state index contributed by atoms with van der Waals surface area (Å²) < 4.78 is 5.65. The SMILES string of the molecule is CCNC(Cc1nc(C)cs1)C(C)OCC. The van der Waals surface area contributed by atoms with Crippen molar-refractivity contribution in [3.63, 3.8) is 0 Å². The Morgan fingerprint density at radius 1 is 1.50 bits per heavy atom. The number of aromatic nitrogens is 1. The average molecular weight is 242 g/mol. The van der Waals surface area contributed by atoms with E-state index in [-0.39, 0.29) is 6.10 Å². The number of hydrogen-bond acceptors (Lipinski definition) is 4. The molecule has 4 heteroatoms. The fourth-order valence-electron chi connectivity index (χ4n) is 1.73. The Bertz CT molecular complexity index is 301. The topological polar surface area (TPSA) is 34.2 Å². The van der Waals surface area contributed by atoms with Crippen molar-refractivity contribution in [2.24, 2.45) is 0 Å². The largest absolute Gasteiger partial charge is 0.377 e. The molecule has 0 aliphatic heterocycles. The highest BCUT2D eigenvalue weighted by Crippen LogP contribution is 2.13. The van der Waals surface area contributed by atoms with E-state index >= 15 is 0 Å². The molecule has 0 spiro atoms. The van der Waals surface area contributed by atoms with Crippen LogP contribution >= 0.6 is 11.3 Å². The van der Waals surface area contributed by atoms with E-state index in [4.69, 9.17) is 4.74 Å². The van der Waals surface area contributed by atoms with E-state index in [1.165, 1.54) is 5.01 Å². The summed E-state index contributed by atoms with van der Waals surface area (Å²) in [4.78, 5) is 4.50. The first-order chi connectivity index (χ1) is 7.67. The maximum atomic E-state index is 5.65. The van der Waals surface area contributed by atoms with Crippen LogP contribution < -0.4 is 5.32 Å². The summed E-state index contributed by atoms with van der Waals surface area (Å²) in [6, 6.07) is 0.357. The Morgan fingerprint density at radius 3 is 2.75 bits per heavy atom. The summed E-state index contributed by atoms with van der Waals surface area (Å²) in [5.74, 6) is 0. The van der Waals surface area contributed by atoms with E-state index in [0.29, 0.717) is 6.04 Å². The molecule has 0 saturated heterocycles. The third-order valence-corrected chi connectivity index (χ3v) is 3.51. The van der Waals surface area contributed by atoms with Gasteiger partial charge in [-0.3, -0.25) is 0 Å². The lowest BCUT2D eigenvalue weighted by Crippen LogP contribution is -2.41. The Morgan fingerprint density at radius 2 is 2.25 bits per heavy atom. The molecule has 1 aromatic heterocycles. The molecule has 2 unspecified atom stereocenters.